The molecule has 2 unspecified atom stereocenters. The minimum atomic E-state index is 0.141. The number of benzene rings is 1. The van der Waals surface area contributed by atoms with Crippen LogP contribution in [-0.2, 0) is 0 Å². The molecule has 0 aromatic heterocycles. The molecule has 1 aromatic carbocycles. The van der Waals surface area contributed by atoms with Crippen molar-refractivity contribution in [3.8, 4) is 0 Å². The zero-order valence-electron chi connectivity index (χ0n) is 12.1. The van der Waals surface area contributed by atoms with Crippen LogP contribution in [-0.4, -0.2) is 23.5 Å². The van der Waals surface area contributed by atoms with Gasteiger partial charge in [0.15, 0.2) is 0 Å². The largest absolute Gasteiger partial charge is 0.326 e. The first kappa shape index (κ1) is 15.0. The van der Waals surface area contributed by atoms with Gasteiger partial charge in [0.05, 0.1) is 0 Å². The van der Waals surface area contributed by atoms with Crippen LogP contribution in [0.25, 0.3) is 0 Å². The predicted molar refractivity (Wildman–Crippen MR) is 85.1 cm³/mol. The molecule has 0 heterocycles. The SMILES string of the molecule is CC(N)C(c1ccc(Br)cc1)N(CC1CC1)C(C)C. The molecule has 1 saturated carbocycles. The molecule has 0 aliphatic heterocycles. The summed E-state index contributed by atoms with van der Waals surface area (Å²) < 4.78 is 1.12. The number of hydrogen-bond donors (Lipinski definition) is 1. The minimum absolute atomic E-state index is 0.141. The third kappa shape index (κ3) is 4.04. The molecule has 1 fully saturated rings. The third-order valence-electron chi connectivity index (χ3n) is 3.90. The van der Waals surface area contributed by atoms with Gasteiger partial charge in [0, 0.05) is 29.1 Å². The van der Waals surface area contributed by atoms with Crippen LogP contribution < -0.4 is 5.73 Å². The second-order valence-corrected chi connectivity index (χ2v) is 7.01. The van der Waals surface area contributed by atoms with E-state index in [1.807, 2.05) is 0 Å². The lowest BCUT2D eigenvalue weighted by Crippen LogP contribution is -2.44. The first-order valence-corrected chi connectivity index (χ1v) is 8.05. The maximum Gasteiger partial charge on any atom is 0.0499 e. The summed E-state index contributed by atoms with van der Waals surface area (Å²) in [6, 6.07) is 9.60. The molecule has 1 aliphatic carbocycles. The maximum absolute atomic E-state index is 6.29. The Morgan fingerprint density at radius 2 is 1.79 bits per heavy atom. The van der Waals surface area contributed by atoms with Gasteiger partial charge in [-0.2, -0.15) is 0 Å². The lowest BCUT2D eigenvalue weighted by molar-refractivity contribution is 0.129. The average molecular weight is 325 g/mol. The van der Waals surface area contributed by atoms with Gasteiger partial charge >= 0.3 is 0 Å². The van der Waals surface area contributed by atoms with E-state index in [1.54, 1.807) is 0 Å². The molecule has 0 amide bonds. The van der Waals surface area contributed by atoms with Crippen LogP contribution in [0.1, 0.15) is 45.2 Å². The van der Waals surface area contributed by atoms with Crippen LogP contribution in [0.4, 0.5) is 0 Å². The Bertz CT molecular complexity index is 396. The molecule has 2 rings (SSSR count). The third-order valence-corrected chi connectivity index (χ3v) is 4.42. The van der Waals surface area contributed by atoms with Crippen molar-refractivity contribution >= 4 is 15.9 Å². The molecule has 0 saturated heterocycles. The predicted octanol–water partition coefficient (Wildman–Crippen LogP) is 3.96. The molecule has 19 heavy (non-hydrogen) atoms. The molecular formula is C16H25BrN2. The summed E-state index contributed by atoms with van der Waals surface area (Å²) in [6.45, 7) is 7.85. The zero-order valence-corrected chi connectivity index (χ0v) is 13.7. The van der Waals surface area contributed by atoms with Gasteiger partial charge in [0.1, 0.15) is 0 Å². The van der Waals surface area contributed by atoms with E-state index in [2.05, 4.69) is 65.9 Å². The van der Waals surface area contributed by atoms with Gasteiger partial charge < -0.3 is 5.73 Å². The van der Waals surface area contributed by atoms with E-state index < -0.39 is 0 Å². The quantitative estimate of drug-likeness (QED) is 0.858. The summed E-state index contributed by atoms with van der Waals surface area (Å²) in [7, 11) is 0. The Balaban J connectivity index is 2.23. The van der Waals surface area contributed by atoms with Gasteiger partial charge in [-0.3, -0.25) is 4.90 Å². The van der Waals surface area contributed by atoms with Crippen LogP contribution in [0.15, 0.2) is 28.7 Å². The summed E-state index contributed by atoms with van der Waals surface area (Å²) in [4.78, 5) is 2.57. The van der Waals surface area contributed by atoms with Crippen molar-refractivity contribution in [3.63, 3.8) is 0 Å². The second-order valence-electron chi connectivity index (χ2n) is 6.09. The standard InChI is InChI=1S/C16H25BrN2/c1-11(2)19(10-13-4-5-13)16(12(3)18)14-6-8-15(17)9-7-14/h6-9,11-13,16H,4-5,10,18H2,1-3H3. The Hall–Kier alpha value is -0.380. The molecule has 1 aliphatic rings. The zero-order chi connectivity index (χ0) is 14.0. The van der Waals surface area contributed by atoms with Crippen LogP contribution in [0, 0.1) is 5.92 Å². The number of nitrogens with two attached hydrogens (primary N) is 1. The Morgan fingerprint density at radius 1 is 1.21 bits per heavy atom. The molecule has 2 N–H and O–H groups in total. The van der Waals surface area contributed by atoms with Crippen molar-refractivity contribution in [2.75, 3.05) is 6.54 Å². The van der Waals surface area contributed by atoms with Crippen LogP contribution >= 0.6 is 15.9 Å². The van der Waals surface area contributed by atoms with Crippen LogP contribution in [0.2, 0.25) is 0 Å². The topological polar surface area (TPSA) is 29.3 Å². The van der Waals surface area contributed by atoms with Crippen molar-refractivity contribution in [3.05, 3.63) is 34.3 Å². The first-order chi connectivity index (χ1) is 8.99. The highest BCUT2D eigenvalue weighted by Crippen LogP contribution is 2.35. The van der Waals surface area contributed by atoms with Crippen molar-refractivity contribution in [1.29, 1.82) is 0 Å². The van der Waals surface area contributed by atoms with Gasteiger partial charge in [-0.15, -0.1) is 0 Å². The van der Waals surface area contributed by atoms with E-state index in [4.69, 9.17) is 5.73 Å². The molecule has 2 atom stereocenters. The molecule has 1 aromatic rings. The van der Waals surface area contributed by atoms with Crippen LogP contribution in [0.5, 0.6) is 0 Å². The maximum atomic E-state index is 6.29. The highest BCUT2D eigenvalue weighted by Gasteiger charge is 2.31. The van der Waals surface area contributed by atoms with E-state index in [0.29, 0.717) is 12.1 Å². The molecule has 0 radical (unpaired) electrons. The number of nitrogens with zero attached hydrogens (tertiary/aromatic N) is 1. The highest BCUT2D eigenvalue weighted by atomic mass is 79.9. The monoisotopic (exact) mass is 324 g/mol. The molecule has 3 heteroatoms. The summed E-state index contributed by atoms with van der Waals surface area (Å²) in [5.74, 6) is 0.888. The van der Waals surface area contributed by atoms with Gasteiger partial charge in [0.25, 0.3) is 0 Å². The summed E-state index contributed by atoms with van der Waals surface area (Å²) in [5, 5.41) is 0. The molecule has 0 spiro atoms. The van der Waals surface area contributed by atoms with E-state index in [0.717, 1.165) is 10.4 Å². The normalized spacial score (nSPS) is 18.9. The van der Waals surface area contributed by atoms with Crippen molar-refractivity contribution < 1.29 is 0 Å². The lowest BCUT2D eigenvalue weighted by Gasteiger charge is -2.38. The Morgan fingerprint density at radius 3 is 2.21 bits per heavy atom. The Labute approximate surface area is 125 Å². The van der Waals surface area contributed by atoms with E-state index >= 15 is 0 Å². The van der Waals surface area contributed by atoms with E-state index in [1.165, 1.54) is 24.9 Å². The fraction of sp³-hybridized carbons (Fsp3) is 0.625. The summed E-state index contributed by atoms with van der Waals surface area (Å²) in [5.41, 5.74) is 7.61. The van der Waals surface area contributed by atoms with Crippen molar-refractivity contribution in [1.82, 2.24) is 4.90 Å². The molecule has 0 bridgehead atoms. The highest BCUT2D eigenvalue weighted by molar-refractivity contribution is 9.10. The molecule has 2 nitrogen and oxygen atoms in total. The molecular weight excluding hydrogens is 300 g/mol. The summed E-state index contributed by atoms with van der Waals surface area (Å²) >= 11 is 3.50. The average Bonchev–Trinajstić information content (AvgIpc) is 3.14. The number of hydrogen-bond acceptors (Lipinski definition) is 2. The fourth-order valence-corrected chi connectivity index (χ4v) is 2.97. The number of halogens is 1. The van der Waals surface area contributed by atoms with E-state index in [9.17, 15) is 0 Å². The molecule has 106 valence electrons. The van der Waals surface area contributed by atoms with Gasteiger partial charge in [-0.25, -0.2) is 0 Å². The fourth-order valence-electron chi connectivity index (χ4n) is 2.70. The van der Waals surface area contributed by atoms with E-state index in [-0.39, 0.29) is 6.04 Å². The van der Waals surface area contributed by atoms with Gasteiger partial charge in [-0.1, -0.05) is 28.1 Å². The number of rotatable bonds is 6. The summed E-state index contributed by atoms with van der Waals surface area (Å²) in [6.07, 6.45) is 2.77. The minimum Gasteiger partial charge on any atom is -0.326 e. The second kappa shape index (κ2) is 6.38. The van der Waals surface area contributed by atoms with Crippen molar-refractivity contribution in [2.24, 2.45) is 11.7 Å². The first-order valence-electron chi connectivity index (χ1n) is 7.26. The van der Waals surface area contributed by atoms with Gasteiger partial charge in [0.2, 0.25) is 0 Å². The van der Waals surface area contributed by atoms with Crippen LogP contribution in [0.3, 0.4) is 0 Å². The Kier molecular flexibility index (Phi) is 5.04. The lowest BCUT2D eigenvalue weighted by atomic mass is 9.97. The van der Waals surface area contributed by atoms with Crippen molar-refractivity contribution in [2.45, 2.75) is 51.7 Å². The van der Waals surface area contributed by atoms with Gasteiger partial charge in [-0.05, 0) is 57.2 Å². The smallest absolute Gasteiger partial charge is 0.0499 e.